The van der Waals surface area contributed by atoms with E-state index in [1.165, 1.54) is 14.8 Å². The van der Waals surface area contributed by atoms with Gasteiger partial charge in [0.05, 0.1) is 10.5 Å². The third kappa shape index (κ3) is 2.84. The monoisotopic (exact) mass is 371 g/mol. The molecule has 4 rings (SSSR count). The van der Waals surface area contributed by atoms with Crippen LogP contribution in [-0.4, -0.2) is 4.92 Å². The normalized spacial score (nSPS) is 11.4. The lowest BCUT2D eigenvalue weighted by molar-refractivity contribution is -0.384. The molecule has 3 aromatic carbocycles. The second-order valence-electron chi connectivity index (χ2n) is 6.23. The van der Waals surface area contributed by atoms with Crippen LogP contribution in [0.15, 0.2) is 67.3 Å². The zero-order valence-corrected chi connectivity index (χ0v) is 15.6. The van der Waals surface area contributed by atoms with E-state index >= 15 is 0 Å². The molecule has 0 aliphatic carbocycles. The highest BCUT2D eigenvalue weighted by Crippen LogP contribution is 2.41. The predicted octanol–water partition coefficient (Wildman–Crippen LogP) is 7.31. The molecule has 0 aliphatic rings. The zero-order valence-electron chi connectivity index (χ0n) is 14.8. The van der Waals surface area contributed by atoms with Gasteiger partial charge in [0.15, 0.2) is 0 Å². The fraction of sp³-hybridized carbons (Fsp3) is 0.0435. The van der Waals surface area contributed by atoms with E-state index in [1.807, 2.05) is 37.3 Å². The van der Waals surface area contributed by atoms with Gasteiger partial charge in [-0.1, -0.05) is 49.1 Å². The molecule has 1 heterocycles. The maximum absolute atomic E-state index is 11.7. The van der Waals surface area contributed by atoms with Gasteiger partial charge in [-0.2, -0.15) is 0 Å². The number of nitro benzene ring substituents is 1. The first kappa shape index (κ1) is 17.2. The molecular formula is C23H17NO2S. The number of nitrogens with zero attached hydrogens (tertiary/aromatic N) is 1. The van der Waals surface area contributed by atoms with Crippen LogP contribution < -0.4 is 0 Å². The summed E-state index contributed by atoms with van der Waals surface area (Å²) in [4.78, 5) is 11.4. The zero-order chi connectivity index (χ0) is 19.0. The number of hydrogen-bond donors (Lipinski definition) is 0. The van der Waals surface area contributed by atoms with Crippen molar-refractivity contribution in [3.05, 3.63) is 88.5 Å². The Morgan fingerprint density at radius 2 is 1.81 bits per heavy atom. The van der Waals surface area contributed by atoms with Crippen LogP contribution in [-0.2, 0) is 0 Å². The Balaban J connectivity index is 2.09. The molecule has 0 spiro atoms. The highest BCUT2D eigenvalue weighted by Gasteiger charge is 2.21. The molecule has 0 N–H and O–H groups in total. The van der Waals surface area contributed by atoms with Crippen molar-refractivity contribution in [3.8, 4) is 11.1 Å². The second-order valence-corrected chi connectivity index (χ2v) is 7.32. The Kier molecular flexibility index (Phi) is 4.34. The van der Waals surface area contributed by atoms with Gasteiger partial charge in [-0.05, 0) is 47.9 Å². The van der Waals surface area contributed by atoms with Crippen molar-refractivity contribution < 1.29 is 4.92 Å². The van der Waals surface area contributed by atoms with E-state index in [2.05, 4.69) is 30.8 Å². The quantitative estimate of drug-likeness (QED) is 0.279. The average molecular weight is 371 g/mol. The maximum Gasteiger partial charge on any atom is 0.277 e. The number of fused-ring (bicyclic) bond motifs is 3. The van der Waals surface area contributed by atoms with Gasteiger partial charge in [0.25, 0.3) is 5.69 Å². The third-order valence-electron chi connectivity index (χ3n) is 4.67. The van der Waals surface area contributed by atoms with Crippen LogP contribution in [0.5, 0.6) is 0 Å². The maximum atomic E-state index is 11.7. The smallest absolute Gasteiger partial charge is 0.258 e. The molecule has 1 aromatic heterocycles. The lowest BCUT2D eigenvalue weighted by atomic mass is 9.92. The Bertz CT molecular complexity index is 1230. The van der Waals surface area contributed by atoms with Crippen molar-refractivity contribution in [1.29, 1.82) is 0 Å². The third-order valence-corrected chi connectivity index (χ3v) is 5.82. The van der Waals surface area contributed by atoms with E-state index in [4.69, 9.17) is 0 Å². The van der Waals surface area contributed by atoms with Crippen LogP contribution in [0.1, 0.15) is 18.1 Å². The summed E-state index contributed by atoms with van der Waals surface area (Å²) in [5.41, 5.74) is 3.28. The summed E-state index contributed by atoms with van der Waals surface area (Å²) < 4.78 is 2.39. The van der Waals surface area contributed by atoms with Gasteiger partial charge in [-0.25, -0.2) is 0 Å². The molecule has 0 aliphatic heterocycles. The van der Waals surface area contributed by atoms with Gasteiger partial charge in [-0.15, -0.1) is 11.3 Å². The van der Waals surface area contributed by atoms with Crippen LogP contribution >= 0.6 is 11.3 Å². The van der Waals surface area contributed by atoms with Crippen molar-refractivity contribution in [2.75, 3.05) is 0 Å². The van der Waals surface area contributed by atoms with E-state index < -0.39 is 0 Å². The van der Waals surface area contributed by atoms with Gasteiger partial charge in [-0.3, -0.25) is 10.1 Å². The summed E-state index contributed by atoms with van der Waals surface area (Å²) in [5.74, 6) is 0. The summed E-state index contributed by atoms with van der Waals surface area (Å²) in [7, 11) is 0. The largest absolute Gasteiger partial charge is 0.277 e. The summed E-state index contributed by atoms with van der Waals surface area (Å²) in [6.07, 6.45) is 5.55. The van der Waals surface area contributed by atoms with Crippen LogP contribution in [0.3, 0.4) is 0 Å². The van der Waals surface area contributed by atoms with Crippen molar-refractivity contribution in [3.63, 3.8) is 0 Å². The molecule has 0 unspecified atom stereocenters. The number of allylic oxidation sites excluding steroid dienone is 1. The first-order valence-corrected chi connectivity index (χ1v) is 9.44. The molecule has 0 bridgehead atoms. The van der Waals surface area contributed by atoms with Crippen LogP contribution in [0.25, 0.3) is 43.5 Å². The average Bonchev–Trinajstić information content (AvgIpc) is 3.05. The summed E-state index contributed by atoms with van der Waals surface area (Å²) in [6, 6.07) is 17.7. The minimum atomic E-state index is -0.314. The fourth-order valence-electron chi connectivity index (χ4n) is 3.49. The van der Waals surface area contributed by atoms with E-state index in [-0.39, 0.29) is 10.6 Å². The highest BCUT2D eigenvalue weighted by molar-refractivity contribution is 7.25. The van der Waals surface area contributed by atoms with Gasteiger partial charge >= 0.3 is 0 Å². The van der Waals surface area contributed by atoms with E-state index in [9.17, 15) is 10.1 Å². The first-order valence-electron chi connectivity index (χ1n) is 8.62. The van der Waals surface area contributed by atoms with Gasteiger partial charge < -0.3 is 0 Å². The Hall–Kier alpha value is -3.24. The molecule has 3 nitrogen and oxygen atoms in total. The molecule has 4 heteroatoms. The molecule has 0 amide bonds. The molecular weight excluding hydrogens is 354 g/mol. The van der Waals surface area contributed by atoms with E-state index in [1.54, 1.807) is 29.5 Å². The number of rotatable bonds is 4. The van der Waals surface area contributed by atoms with Gasteiger partial charge in [0.2, 0.25) is 0 Å². The second kappa shape index (κ2) is 6.82. The predicted molar refractivity (Wildman–Crippen MR) is 116 cm³/mol. The SMILES string of the molecule is C=Cc1ccc([N+](=O)[O-])c(-c2ccc3sc4ccccc4c3c2)c1/C=C\C. The standard InChI is InChI=1S/C23H17NO2S/c1-3-7-17-15(4-2)10-12-20(24(25)26)23(17)16-11-13-22-19(14-16)18-8-5-6-9-21(18)27-22/h3-14H,2H2,1H3/b7-3-. The van der Waals surface area contributed by atoms with E-state index in [0.717, 1.165) is 22.1 Å². The van der Waals surface area contributed by atoms with Crippen molar-refractivity contribution in [2.24, 2.45) is 0 Å². The molecule has 0 saturated carbocycles. The molecule has 0 saturated heterocycles. The number of thiophene rings is 1. The molecule has 4 aromatic rings. The number of benzene rings is 3. The van der Waals surface area contributed by atoms with Gasteiger partial charge in [0, 0.05) is 26.2 Å². The van der Waals surface area contributed by atoms with Crippen molar-refractivity contribution >= 4 is 49.3 Å². The molecule has 0 radical (unpaired) electrons. The Morgan fingerprint density at radius 3 is 2.56 bits per heavy atom. The molecule has 27 heavy (non-hydrogen) atoms. The lowest BCUT2D eigenvalue weighted by Crippen LogP contribution is -1.96. The number of nitro groups is 1. The van der Waals surface area contributed by atoms with Crippen LogP contribution in [0.2, 0.25) is 0 Å². The fourth-order valence-corrected chi connectivity index (χ4v) is 4.57. The van der Waals surface area contributed by atoms with Crippen LogP contribution in [0.4, 0.5) is 5.69 Å². The van der Waals surface area contributed by atoms with Crippen molar-refractivity contribution in [2.45, 2.75) is 6.92 Å². The van der Waals surface area contributed by atoms with Crippen LogP contribution in [0, 0.1) is 10.1 Å². The molecule has 0 fully saturated rings. The number of hydrogen-bond acceptors (Lipinski definition) is 3. The Morgan fingerprint density at radius 1 is 1.04 bits per heavy atom. The van der Waals surface area contributed by atoms with Gasteiger partial charge in [0.1, 0.15) is 0 Å². The summed E-state index contributed by atoms with van der Waals surface area (Å²) >= 11 is 1.73. The molecule has 0 atom stereocenters. The topological polar surface area (TPSA) is 43.1 Å². The first-order chi connectivity index (χ1) is 13.1. The lowest BCUT2D eigenvalue weighted by Gasteiger charge is -2.11. The molecule has 132 valence electrons. The summed E-state index contributed by atoms with van der Waals surface area (Å²) in [6.45, 7) is 5.77. The minimum Gasteiger partial charge on any atom is -0.258 e. The van der Waals surface area contributed by atoms with E-state index in [0.29, 0.717) is 5.56 Å². The van der Waals surface area contributed by atoms with Crippen molar-refractivity contribution in [1.82, 2.24) is 0 Å². The summed E-state index contributed by atoms with van der Waals surface area (Å²) in [5, 5.41) is 14.0. The minimum absolute atomic E-state index is 0.104. The Labute approximate surface area is 161 Å². The highest BCUT2D eigenvalue weighted by atomic mass is 32.1.